The summed E-state index contributed by atoms with van der Waals surface area (Å²) in [4.78, 5) is 13.3. The molecule has 2 aromatic carbocycles. The summed E-state index contributed by atoms with van der Waals surface area (Å²) in [5.74, 6) is 1.38. The van der Waals surface area contributed by atoms with Gasteiger partial charge in [0.1, 0.15) is 11.5 Å². The first-order valence-electron chi connectivity index (χ1n) is 11.2. The molecule has 0 aliphatic carbocycles. The maximum Gasteiger partial charge on any atom is 0.239 e. The fraction of sp³-hybridized carbons (Fsp3) is 0.480. The maximum absolute atomic E-state index is 13.2. The van der Waals surface area contributed by atoms with Crippen molar-refractivity contribution in [1.29, 1.82) is 0 Å². The quantitative estimate of drug-likeness (QED) is 0.342. The van der Waals surface area contributed by atoms with E-state index < -0.39 is 20.5 Å². The molecule has 0 spiro atoms. The average Bonchev–Trinajstić information content (AvgIpc) is 2.88. The summed E-state index contributed by atoms with van der Waals surface area (Å²) in [5.41, 5.74) is 5.40. The molecule has 0 bridgehead atoms. The zero-order chi connectivity index (χ0) is 26.1. The van der Waals surface area contributed by atoms with E-state index in [1.54, 1.807) is 37.3 Å². The van der Waals surface area contributed by atoms with Crippen LogP contribution in [0.1, 0.15) is 26.7 Å². The first-order valence-corrected chi connectivity index (χ1v) is 14.5. The molecule has 0 aromatic heterocycles. The van der Waals surface area contributed by atoms with Crippen molar-refractivity contribution in [3.8, 4) is 11.5 Å². The molecule has 1 saturated heterocycles. The smallest absolute Gasteiger partial charge is 0.239 e. The van der Waals surface area contributed by atoms with Gasteiger partial charge in [-0.1, -0.05) is 19.9 Å². The lowest BCUT2D eigenvalue weighted by Crippen LogP contribution is -2.53. The Kier molecular flexibility index (Phi) is 10.8. The zero-order valence-electron chi connectivity index (χ0n) is 20.7. The topological polar surface area (TPSA) is 105 Å². The minimum absolute atomic E-state index is 0.0576. The van der Waals surface area contributed by atoms with Crippen molar-refractivity contribution in [1.82, 2.24) is 0 Å². The second-order valence-electron chi connectivity index (χ2n) is 8.87. The van der Waals surface area contributed by atoms with E-state index in [-0.39, 0.29) is 36.4 Å². The molecule has 1 fully saturated rings. The summed E-state index contributed by atoms with van der Waals surface area (Å²) >= 11 is 5.25. The SMILES string of the molecule is COc1cccc(SCC(C)(C)COc2ccc(S(=O)(=O)C3(C(N)=O)CCOCC3)cc2)c1.CS. The van der Waals surface area contributed by atoms with Gasteiger partial charge in [-0.3, -0.25) is 4.79 Å². The van der Waals surface area contributed by atoms with Crippen molar-refractivity contribution in [2.45, 2.75) is 41.2 Å². The molecular formula is C25H35NO6S3. The first-order chi connectivity index (χ1) is 16.6. The number of amides is 1. The number of thiol groups is 1. The second kappa shape index (κ2) is 12.9. The van der Waals surface area contributed by atoms with Crippen LogP contribution in [-0.4, -0.2) is 58.0 Å². The van der Waals surface area contributed by atoms with Crippen LogP contribution in [0.4, 0.5) is 0 Å². The third-order valence-electron chi connectivity index (χ3n) is 5.70. The second-order valence-corrected chi connectivity index (χ2v) is 12.2. The van der Waals surface area contributed by atoms with Crippen molar-refractivity contribution in [3.05, 3.63) is 48.5 Å². The summed E-state index contributed by atoms with van der Waals surface area (Å²) in [6, 6.07) is 14.1. The van der Waals surface area contributed by atoms with Crippen LogP contribution in [0, 0.1) is 5.41 Å². The molecular weight excluding hydrogens is 506 g/mol. The average molecular weight is 542 g/mol. The Labute approximate surface area is 218 Å². The van der Waals surface area contributed by atoms with Crippen LogP contribution < -0.4 is 15.2 Å². The number of rotatable bonds is 10. The lowest BCUT2D eigenvalue weighted by atomic mass is 9.98. The largest absolute Gasteiger partial charge is 0.497 e. The van der Waals surface area contributed by atoms with Crippen LogP contribution in [0.25, 0.3) is 0 Å². The molecule has 1 aliphatic rings. The van der Waals surface area contributed by atoms with Gasteiger partial charge in [-0.25, -0.2) is 8.42 Å². The highest BCUT2D eigenvalue weighted by molar-refractivity contribution is 7.99. The molecule has 10 heteroatoms. The van der Waals surface area contributed by atoms with E-state index >= 15 is 0 Å². The van der Waals surface area contributed by atoms with Crippen molar-refractivity contribution < 1.29 is 27.4 Å². The molecule has 1 amide bonds. The van der Waals surface area contributed by atoms with Crippen molar-refractivity contribution in [3.63, 3.8) is 0 Å². The summed E-state index contributed by atoms with van der Waals surface area (Å²) < 4.78 is 41.3. The highest BCUT2D eigenvalue weighted by Crippen LogP contribution is 2.36. The Bertz CT molecular complexity index is 1060. The van der Waals surface area contributed by atoms with Crippen LogP contribution in [0.15, 0.2) is 58.3 Å². The number of methoxy groups -OCH3 is 1. The van der Waals surface area contributed by atoms with E-state index in [9.17, 15) is 13.2 Å². The maximum atomic E-state index is 13.2. The normalized spacial score (nSPS) is 15.5. The number of primary amides is 1. The Morgan fingerprint density at radius 1 is 1.11 bits per heavy atom. The number of nitrogens with two attached hydrogens (primary N) is 1. The molecule has 0 atom stereocenters. The van der Waals surface area contributed by atoms with Crippen molar-refractivity contribution in [2.24, 2.45) is 11.1 Å². The van der Waals surface area contributed by atoms with E-state index in [0.29, 0.717) is 12.4 Å². The first kappa shape index (κ1) is 29.4. The molecule has 2 N–H and O–H groups in total. The molecule has 0 unspecified atom stereocenters. The fourth-order valence-corrected chi connectivity index (χ4v) is 6.51. The highest BCUT2D eigenvalue weighted by Gasteiger charge is 2.51. The predicted molar refractivity (Wildman–Crippen MR) is 144 cm³/mol. The molecule has 2 aromatic rings. The monoisotopic (exact) mass is 541 g/mol. The number of hydrogen-bond donors (Lipinski definition) is 2. The summed E-state index contributed by atoms with van der Waals surface area (Å²) in [5, 5.41) is 0. The van der Waals surface area contributed by atoms with Gasteiger partial charge in [0.2, 0.25) is 5.91 Å². The van der Waals surface area contributed by atoms with Crippen LogP contribution >= 0.6 is 24.4 Å². The fourth-order valence-electron chi connectivity index (χ4n) is 3.58. The number of carbonyl (C=O) groups is 1. The van der Waals surface area contributed by atoms with E-state index in [1.807, 2.05) is 24.3 Å². The molecule has 1 aliphatic heterocycles. The molecule has 3 rings (SSSR count). The van der Waals surface area contributed by atoms with Gasteiger partial charge in [0.15, 0.2) is 14.6 Å². The third kappa shape index (κ3) is 7.31. The number of hydrogen-bond acceptors (Lipinski definition) is 8. The van der Waals surface area contributed by atoms with Gasteiger partial charge in [-0.15, -0.1) is 11.8 Å². The lowest BCUT2D eigenvalue weighted by Gasteiger charge is -2.33. The van der Waals surface area contributed by atoms with Crippen LogP contribution in [0.2, 0.25) is 0 Å². The van der Waals surface area contributed by atoms with Gasteiger partial charge in [-0.05, 0) is 61.6 Å². The summed E-state index contributed by atoms with van der Waals surface area (Å²) in [6.45, 7) is 5.05. The van der Waals surface area contributed by atoms with Crippen LogP contribution in [0.5, 0.6) is 11.5 Å². The lowest BCUT2D eigenvalue weighted by molar-refractivity contribution is -0.122. The predicted octanol–water partition coefficient (Wildman–Crippen LogP) is 4.25. The Hall–Kier alpha value is -1.88. The van der Waals surface area contributed by atoms with Gasteiger partial charge >= 0.3 is 0 Å². The van der Waals surface area contributed by atoms with E-state index in [2.05, 4.69) is 26.5 Å². The number of ether oxygens (including phenoxy) is 3. The van der Waals surface area contributed by atoms with E-state index in [4.69, 9.17) is 19.9 Å². The van der Waals surface area contributed by atoms with E-state index in [1.165, 1.54) is 12.1 Å². The van der Waals surface area contributed by atoms with Crippen molar-refractivity contribution in [2.75, 3.05) is 38.9 Å². The molecule has 0 radical (unpaired) electrons. The molecule has 0 saturated carbocycles. The molecule has 35 heavy (non-hydrogen) atoms. The van der Waals surface area contributed by atoms with Gasteiger partial charge in [0.25, 0.3) is 0 Å². The molecule has 194 valence electrons. The number of sulfone groups is 1. The van der Waals surface area contributed by atoms with Crippen LogP contribution in [0.3, 0.4) is 0 Å². The van der Waals surface area contributed by atoms with Gasteiger partial charge in [-0.2, -0.15) is 12.6 Å². The van der Waals surface area contributed by atoms with Crippen molar-refractivity contribution >= 4 is 40.1 Å². The summed E-state index contributed by atoms with van der Waals surface area (Å²) in [6.07, 6.45) is 1.81. The van der Waals surface area contributed by atoms with Crippen LogP contribution in [-0.2, 0) is 19.4 Å². The van der Waals surface area contributed by atoms with Gasteiger partial charge in [0, 0.05) is 29.3 Å². The van der Waals surface area contributed by atoms with Gasteiger partial charge < -0.3 is 19.9 Å². The Morgan fingerprint density at radius 2 is 1.74 bits per heavy atom. The third-order valence-corrected chi connectivity index (χ3v) is 9.74. The Balaban J connectivity index is 0.00000210. The Morgan fingerprint density at radius 3 is 2.31 bits per heavy atom. The summed E-state index contributed by atoms with van der Waals surface area (Å²) in [7, 11) is -2.30. The van der Waals surface area contributed by atoms with Gasteiger partial charge in [0.05, 0.1) is 18.6 Å². The molecule has 7 nitrogen and oxygen atoms in total. The minimum Gasteiger partial charge on any atom is -0.497 e. The minimum atomic E-state index is -3.95. The molecule has 1 heterocycles. The number of thioether (sulfide) groups is 1. The zero-order valence-corrected chi connectivity index (χ0v) is 23.2. The standard InChI is InChI=1S/C24H31NO6S2.CH4S/c1-23(2,17-32-20-6-4-5-19(15-20)29-3)16-31-18-7-9-21(10-8-18)33(27,28)24(22(25)26)11-13-30-14-12-24;1-2/h4-10,15H,11-14,16-17H2,1-3H3,(H2,25,26);2H,1H3. The number of carbonyl (C=O) groups excluding carboxylic acids is 1. The highest BCUT2D eigenvalue weighted by atomic mass is 32.2. The number of benzene rings is 2. The van der Waals surface area contributed by atoms with E-state index in [0.717, 1.165) is 16.4 Å².